The summed E-state index contributed by atoms with van der Waals surface area (Å²) in [7, 11) is 0. The summed E-state index contributed by atoms with van der Waals surface area (Å²) in [6, 6.07) is 14.4. The molecule has 2 aliphatic rings. The van der Waals surface area contributed by atoms with Gasteiger partial charge in [0.15, 0.2) is 0 Å². The Labute approximate surface area is 171 Å². The Morgan fingerprint density at radius 2 is 1.90 bits per heavy atom. The monoisotopic (exact) mass is 458 g/mol. The number of carbonyl (C=O) groups excluding carboxylic acids is 1. The number of rotatable bonds is 1. The Balaban J connectivity index is 1.83. The number of azo groups is 2. The normalized spacial score (nSPS) is 18.6. The highest BCUT2D eigenvalue weighted by atomic mass is 79.9. The minimum Gasteiger partial charge on any atom is -0.265 e. The van der Waals surface area contributed by atoms with E-state index in [0.717, 1.165) is 34.0 Å². The van der Waals surface area contributed by atoms with Crippen molar-refractivity contribution in [1.29, 1.82) is 0 Å². The van der Waals surface area contributed by atoms with Gasteiger partial charge in [0.1, 0.15) is 11.4 Å². The molecule has 4 nitrogen and oxygen atoms in total. The molecule has 0 bridgehead atoms. The molecule has 0 saturated carbocycles. The maximum atomic E-state index is 13.2. The lowest BCUT2D eigenvalue weighted by molar-refractivity contribution is -0.535. The van der Waals surface area contributed by atoms with Gasteiger partial charge in [-0.05, 0) is 17.5 Å². The molecule has 3 aromatic carbocycles. The summed E-state index contributed by atoms with van der Waals surface area (Å²) in [5.41, 5.74) is 2.08. The molecule has 3 aromatic rings. The second kappa shape index (κ2) is 6.32. The zero-order chi connectivity index (χ0) is 20.3. The summed E-state index contributed by atoms with van der Waals surface area (Å²) in [5, 5.41) is 6.18. The van der Waals surface area contributed by atoms with Crippen LogP contribution in [0.3, 0.4) is 0 Å². The number of fused-ring (bicyclic) bond motifs is 4. The lowest BCUT2D eigenvalue weighted by Gasteiger charge is -2.17. The summed E-state index contributed by atoms with van der Waals surface area (Å²) in [6.45, 7) is 0. The Kier molecular flexibility index (Phi) is 3.96. The van der Waals surface area contributed by atoms with Gasteiger partial charge >= 0.3 is 12.1 Å². The minimum atomic E-state index is -4.49. The number of amides is 1. The fraction of sp³-hybridized carbons (Fsp3) is 0.143. The molecule has 0 radical (unpaired) electrons. The first kappa shape index (κ1) is 18.2. The van der Waals surface area contributed by atoms with Crippen LogP contribution in [0.25, 0.3) is 10.8 Å². The Hall–Kier alpha value is -2.87. The van der Waals surface area contributed by atoms with Crippen LogP contribution in [0.15, 0.2) is 64.7 Å². The van der Waals surface area contributed by atoms with Crippen LogP contribution in [-0.2, 0) is 11.0 Å². The summed E-state index contributed by atoms with van der Waals surface area (Å²) >= 11 is 3.10. The van der Waals surface area contributed by atoms with Crippen LogP contribution in [0, 0.1) is 0 Å². The van der Waals surface area contributed by atoms with Crippen molar-refractivity contribution in [3.63, 3.8) is 0 Å². The van der Waals surface area contributed by atoms with Gasteiger partial charge in [-0.15, -0.1) is 0 Å². The lowest BCUT2D eigenvalue weighted by atomic mass is 10.0. The van der Waals surface area contributed by atoms with Gasteiger partial charge in [-0.2, -0.15) is 13.2 Å². The topological polar surface area (TPSA) is 44.8 Å². The number of hydrogen-bond acceptors (Lipinski definition) is 2. The SMILES string of the molecule is O=C(CBr)N=[N+]1c2ccc(C(F)(F)F)cc2N=C2c3cccc4cccc(c34)C21. The number of hydrogen-bond donors (Lipinski definition) is 0. The van der Waals surface area contributed by atoms with Crippen molar-refractivity contribution in [3.05, 3.63) is 71.3 Å². The molecule has 0 saturated heterocycles. The zero-order valence-electron chi connectivity index (χ0n) is 14.7. The summed E-state index contributed by atoms with van der Waals surface area (Å²) < 4.78 is 41.2. The predicted octanol–water partition coefficient (Wildman–Crippen LogP) is 6.07. The van der Waals surface area contributed by atoms with E-state index in [1.54, 1.807) is 0 Å². The van der Waals surface area contributed by atoms with E-state index in [2.05, 4.69) is 26.0 Å². The number of benzene rings is 3. The zero-order valence-corrected chi connectivity index (χ0v) is 16.3. The molecule has 29 heavy (non-hydrogen) atoms. The fourth-order valence-electron chi connectivity index (χ4n) is 3.99. The molecule has 8 heteroatoms. The third-order valence-corrected chi connectivity index (χ3v) is 5.61. The van der Waals surface area contributed by atoms with E-state index >= 15 is 0 Å². The molecule has 5 rings (SSSR count). The smallest absolute Gasteiger partial charge is 0.265 e. The van der Waals surface area contributed by atoms with Crippen LogP contribution < -0.4 is 0 Å². The number of carbonyl (C=O) groups is 1. The van der Waals surface area contributed by atoms with E-state index in [0.29, 0.717) is 11.4 Å². The fourth-order valence-corrected chi connectivity index (χ4v) is 4.10. The predicted molar refractivity (Wildman–Crippen MR) is 105 cm³/mol. The maximum absolute atomic E-state index is 13.2. The summed E-state index contributed by atoms with van der Waals surface area (Å²) in [5.74, 6) is -0.430. The molecule has 1 amide bonds. The van der Waals surface area contributed by atoms with Crippen molar-refractivity contribution in [2.45, 2.75) is 12.2 Å². The van der Waals surface area contributed by atoms with Crippen LogP contribution in [0.5, 0.6) is 0 Å². The Morgan fingerprint density at radius 1 is 1.14 bits per heavy atom. The van der Waals surface area contributed by atoms with Crippen molar-refractivity contribution < 1.29 is 22.7 Å². The quantitative estimate of drug-likeness (QED) is 0.322. The van der Waals surface area contributed by atoms with Crippen LogP contribution in [0.2, 0.25) is 0 Å². The third-order valence-electron chi connectivity index (χ3n) is 5.14. The highest BCUT2D eigenvalue weighted by Gasteiger charge is 2.46. The number of halogens is 4. The van der Waals surface area contributed by atoms with Crippen molar-refractivity contribution in [2.75, 3.05) is 5.33 Å². The van der Waals surface area contributed by atoms with Crippen LogP contribution in [-0.4, -0.2) is 21.6 Å². The summed E-state index contributed by atoms with van der Waals surface area (Å²) in [6.07, 6.45) is -4.49. The molecular formula is C21H12BrF3N3O+. The van der Waals surface area contributed by atoms with Gasteiger partial charge in [0.05, 0.1) is 10.9 Å². The largest absolute Gasteiger partial charge is 0.416 e. The van der Waals surface area contributed by atoms with Gasteiger partial charge in [0.25, 0.3) is 11.7 Å². The molecule has 1 unspecified atom stereocenters. The average Bonchev–Trinajstić information content (AvgIpc) is 3.02. The first-order chi connectivity index (χ1) is 13.9. The molecular weight excluding hydrogens is 447 g/mol. The number of alkyl halides is 4. The van der Waals surface area contributed by atoms with Gasteiger partial charge in [-0.3, -0.25) is 4.79 Å². The number of aliphatic imine (C=N–C) groups is 1. The van der Waals surface area contributed by atoms with E-state index < -0.39 is 23.7 Å². The lowest BCUT2D eigenvalue weighted by Crippen LogP contribution is -2.24. The van der Waals surface area contributed by atoms with Crippen molar-refractivity contribution >= 4 is 49.7 Å². The minimum absolute atomic E-state index is 0.00974. The highest BCUT2D eigenvalue weighted by molar-refractivity contribution is 9.09. The first-order valence-electron chi connectivity index (χ1n) is 8.80. The van der Waals surface area contributed by atoms with Gasteiger partial charge < -0.3 is 0 Å². The van der Waals surface area contributed by atoms with E-state index in [4.69, 9.17) is 0 Å². The average molecular weight is 459 g/mol. The molecule has 1 heterocycles. The van der Waals surface area contributed by atoms with E-state index in [1.165, 1.54) is 10.8 Å². The van der Waals surface area contributed by atoms with Crippen LogP contribution in [0.1, 0.15) is 22.7 Å². The van der Waals surface area contributed by atoms with Gasteiger partial charge in [-0.25, -0.2) is 4.99 Å². The van der Waals surface area contributed by atoms with Crippen molar-refractivity contribution in [3.8, 4) is 0 Å². The molecule has 144 valence electrons. The van der Waals surface area contributed by atoms with E-state index in [9.17, 15) is 18.0 Å². The van der Waals surface area contributed by atoms with Crippen molar-refractivity contribution in [2.24, 2.45) is 10.1 Å². The molecule has 1 aliphatic carbocycles. The Bertz CT molecular complexity index is 1260. The molecule has 0 N–H and O–H groups in total. The van der Waals surface area contributed by atoms with Gasteiger partial charge in [-0.1, -0.05) is 57.0 Å². The van der Waals surface area contributed by atoms with Crippen LogP contribution in [0.4, 0.5) is 24.5 Å². The third kappa shape index (κ3) is 2.73. The van der Waals surface area contributed by atoms with Gasteiger partial charge in [0, 0.05) is 27.7 Å². The molecule has 0 aromatic heterocycles. The Morgan fingerprint density at radius 3 is 2.62 bits per heavy atom. The number of nitrogens with zero attached hydrogens (tertiary/aromatic N) is 3. The molecule has 0 spiro atoms. The molecule has 1 aliphatic heterocycles. The highest BCUT2D eigenvalue weighted by Crippen LogP contribution is 2.48. The molecule has 1 atom stereocenters. The van der Waals surface area contributed by atoms with Crippen LogP contribution >= 0.6 is 15.9 Å². The summed E-state index contributed by atoms with van der Waals surface area (Å²) in [4.78, 5) is 16.7. The van der Waals surface area contributed by atoms with Gasteiger partial charge in [0.2, 0.25) is 0 Å². The van der Waals surface area contributed by atoms with E-state index in [1.807, 2.05) is 36.4 Å². The van der Waals surface area contributed by atoms with E-state index in [-0.39, 0.29) is 11.0 Å². The second-order valence-corrected chi connectivity index (χ2v) is 7.38. The molecule has 0 fully saturated rings. The second-order valence-electron chi connectivity index (χ2n) is 6.82. The maximum Gasteiger partial charge on any atom is 0.416 e. The first-order valence-corrected chi connectivity index (χ1v) is 9.92. The van der Waals surface area contributed by atoms with Crippen molar-refractivity contribution in [1.82, 2.24) is 0 Å². The standard InChI is InChI=1S/C21H12BrF3N3O/c22-10-17(29)27-28-16-8-7-12(21(23,24)25)9-15(16)26-19-13-5-1-3-11-4-2-6-14(18(11)13)20(19)28/h1-9,20H,10H2/q+1.